The lowest BCUT2D eigenvalue weighted by molar-refractivity contribution is -0.862. The van der Waals surface area contributed by atoms with Crippen LogP contribution in [0.2, 0.25) is 0 Å². The lowest BCUT2D eigenvalue weighted by atomic mass is 9.81. The predicted molar refractivity (Wildman–Crippen MR) is 80.6 cm³/mol. The van der Waals surface area contributed by atoms with E-state index in [2.05, 4.69) is 21.0 Å². The van der Waals surface area contributed by atoms with E-state index in [9.17, 15) is 5.11 Å². The molecule has 0 aliphatic rings. The van der Waals surface area contributed by atoms with Crippen molar-refractivity contribution in [3.63, 3.8) is 0 Å². The van der Waals surface area contributed by atoms with E-state index in [4.69, 9.17) is 0 Å². The van der Waals surface area contributed by atoms with Crippen LogP contribution in [-0.4, -0.2) is 25.7 Å². The summed E-state index contributed by atoms with van der Waals surface area (Å²) in [6, 6.07) is 14.0. The van der Waals surface area contributed by atoms with Crippen LogP contribution in [0.5, 0.6) is 0 Å². The minimum atomic E-state index is -0.896. The van der Waals surface area contributed by atoms with E-state index < -0.39 is 5.60 Å². The summed E-state index contributed by atoms with van der Waals surface area (Å²) in [5, 5.41) is 13.4. The molecule has 1 aromatic carbocycles. The van der Waals surface area contributed by atoms with Crippen LogP contribution in [0.4, 0.5) is 0 Å². The van der Waals surface area contributed by atoms with Crippen molar-refractivity contribution >= 4 is 11.3 Å². The summed E-state index contributed by atoms with van der Waals surface area (Å²) in [6.07, 6.45) is 0. The van der Waals surface area contributed by atoms with Crippen molar-refractivity contribution in [2.24, 2.45) is 5.92 Å². The molecule has 0 amide bonds. The molecule has 2 nitrogen and oxygen atoms in total. The van der Waals surface area contributed by atoms with Crippen LogP contribution in [0, 0.1) is 5.92 Å². The standard InChI is InChI=1S/C16H21NOS.ClH/c1-13(12-17(2)3)16(18,15-10-7-11-19-15)14-8-5-4-6-9-14;/h4-11,13,18H,12H2,1-3H3;1H. The average molecular weight is 312 g/mol. The molecule has 0 saturated carbocycles. The number of benzene rings is 1. The van der Waals surface area contributed by atoms with Gasteiger partial charge in [0.2, 0.25) is 0 Å². The Kier molecular flexibility index (Phi) is 6.21. The SMILES string of the molecule is CC(C[NH+](C)C)C(O)(c1ccccc1)c1cccs1.[Cl-]. The molecule has 1 aromatic heterocycles. The molecule has 2 aromatic rings. The largest absolute Gasteiger partial charge is 1.00 e. The molecular weight excluding hydrogens is 290 g/mol. The number of rotatable bonds is 5. The second kappa shape index (κ2) is 7.23. The molecule has 20 heavy (non-hydrogen) atoms. The summed E-state index contributed by atoms with van der Waals surface area (Å²) >= 11 is 1.62. The van der Waals surface area contributed by atoms with Crippen molar-refractivity contribution in [1.82, 2.24) is 0 Å². The van der Waals surface area contributed by atoms with Gasteiger partial charge in [0.1, 0.15) is 5.60 Å². The maximum Gasteiger partial charge on any atom is 0.132 e. The number of aliphatic hydroxyl groups is 1. The smallest absolute Gasteiger partial charge is 0.132 e. The van der Waals surface area contributed by atoms with Gasteiger partial charge in [-0.25, -0.2) is 0 Å². The Morgan fingerprint density at radius 1 is 1.15 bits per heavy atom. The fourth-order valence-corrected chi connectivity index (χ4v) is 3.58. The van der Waals surface area contributed by atoms with E-state index in [1.165, 1.54) is 4.90 Å². The quantitative estimate of drug-likeness (QED) is 0.710. The minimum absolute atomic E-state index is 0. The molecule has 0 saturated heterocycles. The zero-order valence-corrected chi connectivity index (χ0v) is 13.7. The molecule has 0 spiro atoms. The summed E-state index contributed by atoms with van der Waals surface area (Å²) < 4.78 is 0. The maximum atomic E-state index is 11.4. The highest BCUT2D eigenvalue weighted by atomic mass is 35.5. The highest BCUT2D eigenvalue weighted by Crippen LogP contribution is 2.38. The van der Waals surface area contributed by atoms with Gasteiger partial charge in [0, 0.05) is 10.8 Å². The highest BCUT2D eigenvalue weighted by Gasteiger charge is 2.39. The van der Waals surface area contributed by atoms with Gasteiger partial charge in [-0.2, -0.15) is 0 Å². The molecule has 0 aliphatic heterocycles. The molecule has 0 radical (unpaired) electrons. The van der Waals surface area contributed by atoms with E-state index in [1.54, 1.807) is 11.3 Å². The Hall–Kier alpha value is -0.870. The Bertz CT molecular complexity index is 500. The van der Waals surface area contributed by atoms with Crippen molar-refractivity contribution < 1.29 is 22.4 Å². The van der Waals surface area contributed by atoms with Gasteiger partial charge in [0.05, 0.1) is 20.6 Å². The molecule has 0 aliphatic carbocycles. The van der Waals surface area contributed by atoms with Crippen LogP contribution >= 0.6 is 11.3 Å². The fourth-order valence-electron chi connectivity index (χ4n) is 2.62. The molecule has 2 unspecified atom stereocenters. The third-order valence-corrected chi connectivity index (χ3v) is 4.53. The summed E-state index contributed by atoms with van der Waals surface area (Å²) in [5.74, 6) is 0.151. The monoisotopic (exact) mass is 311 g/mol. The Balaban J connectivity index is 0.00000200. The van der Waals surface area contributed by atoms with Crippen molar-refractivity contribution in [3.8, 4) is 0 Å². The number of hydrogen-bond donors (Lipinski definition) is 2. The Morgan fingerprint density at radius 3 is 2.30 bits per heavy atom. The van der Waals surface area contributed by atoms with Gasteiger partial charge in [0.25, 0.3) is 0 Å². The molecule has 0 fully saturated rings. The number of thiophene rings is 1. The second-order valence-electron chi connectivity index (χ2n) is 5.42. The first kappa shape index (κ1) is 17.2. The Morgan fingerprint density at radius 2 is 1.80 bits per heavy atom. The zero-order valence-electron chi connectivity index (χ0n) is 12.1. The van der Waals surface area contributed by atoms with E-state index in [1.807, 2.05) is 47.8 Å². The van der Waals surface area contributed by atoms with Crippen molar-refractivity contribution in [2.45, 2.75) is 12.5 Å². The van der Waals surface area contributed by atoms with Crippen LogP contribution in [0.1, 0.15) is 17.4 Å². The number of halogens is 1. The second-order valence-corrected chi connectivity index (χ2v) is 6.37. The van der Waals surface area contributed by atoms with Gasteiger partial charge in [0.15, 0.2) is 0 Å². The van der Waals surface area contributed by atoms with Crippen molar-refractivity contribution in [3.05, 3.63) is 58.3 Å². The van der Waals surface area contributed by atoms with Gasteiger partial charge >= 0.3 is 0 Å². The van der Waals surface area contributed by atoms with Gasteiger partial charge in [-0.3, -0.25) is 0 Å². The highest BCUT2D eigenvalue weighted by molar-refractivity contribution is 7.10. The molecule has 0 bridgehead atoms. The van der Waals surface area contributed by atoms with Crippen LogP contribution in [0.25, 0.3) is 0 Å². The minimum Gasteiger partial charge on any atom is -1.00 e. The summed E-state index contributed by atoms with van der Waals surface area (Å²) in [5.41, 5.74) is 0.0818. The maximum absolute atomic E-state index is 11.4. The topological polar surface area (TPSA) is 24.7 Å². The first-order chi connectivity index (χ1) is 9.05. The van der Waals surface area contributed by atoms with Crippen LogP contribution in [0.3, 0.4) is 0 Å². The van der Waals surface area contributed by atoms with E-state index in [0.29, 0.717) is 0 Å². The third-order valence-electron chi connectivity index (χ3n) is 3.54. The molecule has 110 valence electrons. The van der Waals surface area contributed by atoms with Gasteiger partial charge < -0.3 is 22.4 Å². The number of quaternary nitrogens is 1. The van der Waals surface area contributed by atoms with Gasteiger partial charge in [-0.15, -0.1) is 11.3 Å². The molecule has 2 N–H and O–H groups in total. The van der Waals surface area contributed by atoms with Crippen LogP contribution < -0.4 is 17.3 Å². The molecule has 2 rings (SSSR count). The number of nitrogens with one attached hydrogen (secondary N) is 1. The lowest BCUT2D eigenvalue weighted by Crippen LogP contribution is -3.06. The van der Waals surface area contributed by atoms with Crippen LogP contribution in [0.15, 0.2) is 47.8 Å². The molecule has 2 atom stereocenters. The first-order valence-electron chi connectivity index (χ1n) is 6.66. The van der Waals surface area contributed by atoms with Crippen molar-refractivity contribution in [1.29, 1.82) is 0 Å². The van der Waals surface area contributed by atoms with Gasteiger partial charge in [-0.1, -0.05) is 43.3 Å². The van der Waals surface area contributed by atoms with E-state index in [0.717, 1.165) is 17.0 Å². The Labute approximate surface area is 131 Å². The first-order valence-corrected chi connectivity index (χ1v) is 7.54. The van der Waals surface area contributed by atoms with E-state index >= 15 is 0 Å². The molecular formula is C16H22ClNOS. The lowest BCUT2D eigenvalue weighted by Gasteiger charge is -2.34. The van der Waals surface area contributed by atoms with Crippen molar-refractivity contribution in [2.75, 3.05) is 20.6 Å². The normalized spacial score (nSPS) is 15.4. The van der Waals surface area contributed by atoms with Crippen LogP contribution in [-0.2, 0) is 5.60 Å². The zero-order chi connectivity index (χ0) is 13.9. The number of hydrogen-bond acceptors (Lipinski definition) is 2. The summed E-state index contributed by atoms with van der Waals surface area (Å²) in [7, 11) is 4.24. The average Bonchev–Trinajstić information content (AvgIpc) is 2.92. The van der Waals surface area contributed by atoms with E-state index in [-0.39, 0.29) is 18.3 Å². The molecule has 1 heterocycles. The fraction of sp³-hybridized carbons (Fsp3) is 0.375. The van der Waals surface area contributed by atoms with Gasteiger partial charge in [-0.05, 0) is 17.0 Å². The third kappa shape index (κ3) is 3.41. The predicted octanol–water partition coefficient (Wildman–Crippen LogP) is -1.23. The summed E-state index contributed by atoms with van der Waals surface area (Å²) in [4.78, 5) is 2.37. The summed E-state index contributed by atoms with van der Waals surface area (Å²) in [6.45, 7) is 3.04. The molecule has 4 heteroatoms.